The molecule has 12 nitrogen and oxygen atoms in total. The van der Waals surface area contributed by atoms with Crippen molar-refractivity contribution in [1.29, 1.82) is 0 Å². The summed E-state index contributed by atoms with van der Waals surface area (Å²) in [5, 5.41) is 8.18. The second-order valence-corrected chi connectivity index (χ2v) is 12.5. The van der Waals surface area contributed by atoms with Gasteiger partial charge in [-0.15, -0.1) is 0 Å². The van der Waals surface area contributed by atoms with Crippen molar-refractivity contribution in [2.45, 2.75) is 41.5 Å². The van der Waals surface area contributed by atoms with Crippen molar-refractivity contribution >= 4 is 52.7 Å². The van der Waals surface area contributed by atoms with Gasteiger partial charge < -0.3 is 30.2 Å². The molecule has 0 saturated heterocycles. The number of carbonyl (C=O) groups is 6. The normalized spacial score (nSPS) is 10.8. The van der Waals surface area contributed by atoms with Crippen LogP contribution < -0.4 is 30.2 Å². The van der Waals surface area contributed by atoms with Crippen molar-refractivity contribution < 1.29 is 43.0 Å². The minimum Gasteiger partial charge on any atom is -0.426 e. The molecule has 12 heteroatoms. The summed E-state index contributed by atoms with van der Waals surface area (Å²) < 4.78 is 15.8. The molecule has 0 fully saturated rings. The molecule has 4 rings (SSSR count). The third kappa shape index (κ3) is 10.8. The zero-order chi connectivity index (χ0) is 37.2. The lowest BCUT2D eigenvalue weighted by molar-refractivity contribution is -0.138. The lowest BCUT2D eigenvalue weighted by atomic mass is 10.0. The molecule has 3 N–H and O–H groups in total. The van der Waals surface area contributed by atoms with Gasteiger partial charge in [-0.25, -0.2) is 0 Å². The van der Waals surface area contributed by atoms with E-state index in [1.165, 1.54) is 54.6 Å². The van der Waals surface area contributed by atoms with Gasteiger partial charge in [0.05, 0.1) is 17.8 Å². The van der Waals surface area contributed by atoms with E-state index in [-0.39, 0.29) is 34.4 Å². The quantitative estimate of drug-likeness (QED) is 0.103. The highest BCUT2D eigenvalue weighted by molar-refractivity contribution is 6.13. The predicted octanol–water partition coefficient (Wildman–Crippen LogP) is 7.13. The van der Waals surface area contributed by atoms with E-state index in [2.05, 4.69) is 16.0 Å². The Kier molecular flexibility index (Phi) is 12.4. The summed E-state index contributed by atoms with van der Waals surface area (Å²) in [4.78, 5) is 76.1. The van der Waals surface area contributed by atoms with Gasteiger partial charge >= 0.3 is 17.9 Å². The fraction of sp³-hybridized carbons (Fsp3) is 0.231. The molecule has 0 aliphatic rings. The van der Waals surface area contributed by atoms with Gasteiger partial charge in [-0.1, -0.05) is 41.5 Å². The number of ether oxygens (including phenoxy) is 3. The van der Waals surface area contributed by atoms with Gasteiger partial charge in [0.1, 0.15) is 17.2 Å². The molecule has 4 aromatic rings. The van der Waals surface area contributed by atoms with E-state index < -0.39 is 35.6 Å². The molecule has 4 aromatic carbocycles. The molecule has 0 unspecified atom stereocenters. The number of rotatable bonds is 12. The minimum atomic E-state index is -0.613. The highest BCUT2D eigenvalue weighted by Gasteiger charge is 2.19. The zero-order valence-electron chi connectivity index (χ0n) is 29.1. The molecule has 3 amide bonds. The molecule has 0 aliphatic heterocycles. The lowest BCUT2D eigenvalue weighted by Gasteiger charge is -2.13. The number of hydrogen-bond acceptors (Lipinski definition) is 9. The summed E-state index contributed by atoms with van der Waals surface area (Å²) in [6.45, 7) is 10.3. The van der Waals surface area contributed by atoms with Gasteiger partial charge in [0.15, 0.2) is 0 Å². The number of nitrogens with one attached hydrogen (secondary N) is 3. The van der Waals surface area contributed by atoms with Crippen LogP contribution in [0.15, 0.2) is 91.0 Å². The molecule has 0 bridgehead atoms. The number of amides is 3. The molecule has 264 valence electrons. The van der Waals surface area contributed by atoms with Gasteiger partial charge in [-0.05, 0) is 91.0 Å². The van der Waals surface area contributed by atoms with E-state index in [9.17, 15) is 28.8 Å². The van der Waals surface area contributed by atoms with E-state index >= 15 is 0 Å². The van der Waals surface area contributed by atoms with Gasteiger partial charge in [0.25, 0.3) is 17.7 Å². The zero-order valence-corrected chi connectivity index (χ0v) is 29.1. The first kappa shape index (κ1) is 37.5. The SMILES string of the molecule is CC(C)C(=O)Oc1ccc(NC(=O)c2cc(C(=O)Nc3ccc(OC(=O)C(C)C)cc3)cc(C(=O)Nc3ccc(OC(=O)C(C)C)cc3)c2)cc1. The van der Waals surface area contributed by atoms with Crippen LogP contribution in [0.4, 0.5) is 17.1 Å². The highest BCUT2D eigenvalue weighted by Crippen LogP contribution is 2.22. The fourth-order valence-corrected chi connectivity index (χ4v) is 4.15. The number of carbonyl (C=O) groups excluding carboxylic acids is 6. The Balaban J connectivity index is 1.57. The Hall–Kier alpha value is -6.30. The monoisotopic (exact) mass is 693 g/mol. The topological polar surface area (TPSA) is 166 Å². The maximum absolute atomic E-state index is 13.4. The third-order valence-electron chi connectivity index (χ3n) is 7.13. The summed E-state index contributed by atoms with van der Waals surface area (Å²) in [5.74, 6) is -3.07. The number of anilines is 3. The Morgan fingerprint density at radius 2 is 0.608 bits per heavy atom. The molecular formula is C39H39N3O9. The first-order valence-electron chi connectivity index (χ1n) is 16.2. The number of esters is 3. The van der Waals surface area contributed by atoms with Crippen molar-refractivity contribution in [2.75, 3.05) is 16.0 Å². The largest absolute Gasteiger partial charge is 0.426 e. The third-order valence-corrected chi connectivity index (χ3v) is 7.13. The number of benzene rings is 4. The maximum atomic E-state index is 13.4. The van der Waals surface area contributed by atoms with E-state index in [0.717, 1.165) is 0 Å². The van der Waals surface area contributed by atoms with Gasteiger partial charge in [-0.2, -0.15) is 0 Å². The Morgan fingerprint density at radius 1 is 0.392 bits per heavy atom. The van der Waals surface area contributed by atoms with E-state index in [4.69, 9.17) is 14.2 Å². The molecule has 0 aromatic heterocycles. The van der Waals surface area contributed by atoms with Crippen LogP contribution in [-0.4, -0.2) is 35.6 Å². The highest BCUT2D eigenvalue weighted by atomic mass is 16.5. The van der Waals surface area contributed by atoms with Crippen LogP contribution in [0.3, 0.4) is 0 Å². The first-order chi connectivity index (χ1) is 24.2. The van der Waals surface area contributed by atoms with E-state index in [1.54, 1.807) is 77.9 Å². The van der Waals surface area contributed by atoms with Gasteiger partial charge in [0, 0.05) is 33.8 Å². The smallest absolute Gasteiger partial charge is 0.313 e. The van der Waals surface area contributed by atoms with Crippen LogP contribution in [-0.2, 0) is 14.4 Å². The van der Waals surface area contributed by atoms with Crippen LogP contribution in [0, 0.1) is 17.8 Å². The first-order valence-corrected chi connectivity index (χ1v) is 16.2. The molecule has 0 spiro atoms. The average molecular weight is 694 g/mol. The summed E-state index contributed by atoms with van der Waals surface area (Å²) in [6, 6.07) is 22.5. The van der Waals surface area contributed by atoms with E-state index in [0.29, 0.717) is 34.3 Å². The van der Waals surface area contributed by atoms with Crippen molar-refractivity contribution in [1.82, 2.24) is 0 Å². The Bertz CT molecular complexity index is 1680. The Labute approximate surface area is 295 Å². The molecule has 51 heavy (non-hydrogen) atoms. The average Bonchev–Trinajstić information content (AvgIpc) is 3.10. The summed E-state index contributed by atoms with van der Waals surface area (Å²) in [7, 11) is 0. The summed E-state index contributed by atoms with van der Waals surface area (Å²) in [5.41, 5.74) is 1.16. The minimum absolute atomic E-state index is 0.00926. The van der Waals surface area contributed by atoms with Crippen LogP contribution in [0.1, 0.15) is 72.6 Å². The fourth-order valence-electron chi connectivity index (χ4n) is 4.15. The van der Waals surface area contributed by atoms with Gasteiger partial charge in [0.2, 0.25) is 0 Å². The molecule has 0 heterocycles. The molecular weight excluding hydrogens is 654 g/mol. The van der Waals surface area contributed by atoms with Crippen LogP contribution in [0.25, 0.3) is 0 Å². The second-order valence-electron chi connectivity index (χ2n) is 12.5. The van der Waals surface area contributed by atoms with Crippen LogP contribution in [0.2, 0.25) is 0 Å². The summed E-state index contributed by atoms with van der Waals surface area (Å²) >= 11 is 0. The van der Waals surface area contributed by atoms with Crippen LogP contribution in [0.5, 0.6) is 17.2 Å². The standard InChI is InChI=1S/C39H39N3O9/c1-22(2)37(46)49-31-13-7-28(8-14-31)40-34(43)25-19-26(35(44)41-29-9-15-32(16-10-29)50-38(47)23(3)4)21-27(20-25)36(45)42-30-11-17-33(18-12-30)51-39(48)24(5)6/h7-24H,1-6H3,(H,40,43)(H,41,44)(H,42,45). The summed E-state index contributed by atoms with van der Waals surface area (Å²) in [6.07, 6.45) is 0. The lowest BCUT2D eigenvalue weighted by Crippen LogP contribution is -2.19. The van der Waals surface area contributed by atoms with Crippen molar-refractivity contribution in [3.8, 4) is 17.2 Å². The second kappa shape index (κ2) is 16.9. The van der Waals surface area contributed by atoms with E-state index in [1.807, 2.05) is 0 Å². The molecule has 0 aliphatic carbocycles. The predicted molar refractivity (Wildman–Crippen MR) is 191 cm³/mol. The maximum Gasteiger partial charge on any atom is 0.313 e. The van der Waals surface area contributed by atoms with Crippen molar-refractivity contribution in [2.24, 2.45) is 17.8 Å². The van der Waals surface area contributed by atoms with Crippen molar-refractivity contribution in [3.05, 3.63) is 108 Å². The van der Waals surface area contributed by atoms with Crippen molar-refractivity contribution in [3.63, 3.8) is 0 Å². The molecule has 0 saturated carbocycles. The van der Waals surface area contributed by atoms with Gasteiger partial charge in [-0.3, -0.25) is 28.8 Å². The number of hydrogen-bond donors (Lipinski definition) is 3. The molecule has 0 radical (unpaired) electrons. The van der Waals surface area contributed by atoms with Crippen LogP contribution >= 0.6 is 0 Å². The Morgan fingerprint density at radius 3 is 0.804 bits per heavy atom. The molecule has 0 atom stereocenters.